The maximum Gasteiger partial charge on any atom is 0.341 e. The number of ether oxygens (including phenoxy) is 3. The minimum absolute atomic E-state index is 0.0958. The van der Waals surface area contributed by atoms with E-state index in [-0.39, 0.29) is 12.2 Å². The van der Waals surface area contributed by atoms with Crippen LogP contribution >= 0.6 is 11.3 Å². The third-order valence-corrected chi connectivity index (χ3v) is 7.46. The molecule has 1 aliphatic carbocycles. The van der Waals surface area contributed by atoms with Crippen molar-refractivity contribution in [2.24, 2.45) is 0 Å². The van der Waals surface area contributed by atoms with Gasteiger partial charge in [-0.15, -0.1) is 11.3 Å². The van der Waals surface area contributed by atoms with E-state index in [0.717, 1.165) is 41.7 Å². The average Bonchev–Trinajstić information content (AvgIpc) is 3.29. The highest BCUT2D eigenvalue weighted by atomic mass is 32.1. The predicted molar refractivity (Wildman–Crippen MR) is 148 cm³/mol. The first-order valence-electron chi connectivity index (χ1n) is 12.5. The Morgan fingerprint density at radius 2 is 1.87 bits per heavy atom. The predicted octanol–water partition coefficient (Wildman–Crippen LogP) is 6.25. The molecule has 0 atom stereocenters. The summed E-state index contributed by atoms with van der Waals surface area (Å²) in [7, 11) is 1.54. The van der Waals surface area contributed by atoms with Gasteiger partial charge in [0.2, 0.25) is 0 Å². The Morgan fingerprint density at radius 3 is 2.58 bits per heavy atom. The Labute approximate surface area is 226 Å². The zero-order valence-corrected chi connectivity index (χ0v) is 22.6. The van der Waals surface area contributed by atoms with Crippen molar-refractivity contribution in [2.75, 3.05) is 19.0 Å². The van der Waals surface area contributed by atoms with E-state index in [2.05, 4.69) is 5.32 Å². The zero-order chi connectivity index (χ0) is 27.1. The zero-order valence-electron chi connectivity index (χ0n) is 21.8. The smallest absolute Gasteiger partial charge is 0.341 e. The number of nitriles is 1. The number of hydrogen-bond acceptors (Lipinski definition) is 7. The fourth-order valence-electron chi connectivity index (χ4n) is 4.30. The van der Waals surface area contributed by atoms with E-state index in [1.54, 1.807) is 25.1 Å². The normalized spacial score (nSPS) is 12.7. The molecule has 0 bridgehead atoms. The fraction of sp³-hybridized carbons (Fsp3) is 0.300. The Hall–Kier alpha value is -4.09. The van der Waals surface area contributed by atoms with Crippen molar-refractivity contribution < 1.29 is 23.8 Å². The van der Waals surface area contributed by atoms with Gasteiger partial charge in [0.1, 0.15) is 23.3 Å². The minimum Gasteiger partial charge on any atom is -0.493 e. The molecule has 0 aliphatic heterocycles. The summed E-state index contributed by atoms with van der Waals surface area (Å²) in [6.07, 6.45) is 5.15. The summed E-state index contributed by atoms with van der Waals surface area (Å²) < 4.78 is 16.7. The number of nitrogens with zero attached hydrogens (tertiary/aromatic N) is 1. The van der Waals surface area contributed by atoms with Crippen molar-refractivity contribution in [1.82, 2.24) is 0 Å². The highest BCUT2D eigenvalue weighted by Gasteiger charge is 2.27. The molecule has 1 amide bonds. The fourth-order valence-corrected chi connectivity index (χ4v) is 5.57. The number of rotatable bonds is 9. The highest BCUT2D eigenvalue weighted by molar-refractivity contribution is 7.17. The summed E-state index contributed by atoms with van der Waals surface area (Å²) >= 11 is 1.39. The van der Waals surface area contributed by atoms with Crippen LogP contribution in [-0.4, -0.2) is 25.6 Å². The molecule has 0 spiro atoms. The molecule has 0 unspecified atom stereocenters. The minimum atomic E-state index is -0.588. The quantitative estimate of drug-likeness (QED) is 0.200. The van der Waals surface area contributed by atoms with Gasteiger partial charge < -0.3 is 19.5 Å². The van der Waals surface area contributed by atoms with Crippen molar-refractivity contribution in [2.45, 2.75) is 46.1 Å². The first-order chi connectivity index (χ1) is 18.4. The van der Waals surface area contributed by atoms with Crippen LogP contribution in [0.15, 0.2) is 48.0 Å². The van der Waals surface area contributed by atoms with Crippen LogP contribution in [0.25, 0.3) is 6.08 Å². The van der Waals surface area contributed by atoms with E-state index in [4.69, 9.17) is 14.2 Å². The van der Waals surface area contributed by atoms with Gasteiger partial charge in [-0.05, 0) is 74.4 Å². The molecule has 0 radical (unpaired) electrons. The van der Waals surface area contributed by atoms with Gasteiger partial charge in [-0.1, -0.05) is 35.9 Å². The van der Waals surface area contributed by atoms with Crippen molar-refractivity contribution in [3.63, 3.8) is 0 Å². The number of benzene rings is 2. The monoisotopic (exact) mass is 530 g/mol. The molecule has 3 aromatic rings. The Kier molecular flexibility index (Phi) is 8.82. The van der Waals surface area contributed by atoms with Gasteiger partial charge in [0, 0.05) is 4.88 Å². The lowest BCUT2D eigenvalue weighted by Crippen LogP contribution is -2.16. The third kappa shape index (κ3) is 6.24. The number of methoxy groups -OCH3 is 1. The molecule has 196 valence electrons. The Bertz CT molecular complexity index is 1400. The lowest BCUT2D eigenvalue weighted by atomic mass is 9.95. The number of hydrogen-bond donors (Lipinski definition) is 1. The van der Waals surface area contributed by atoms with Crippen molar-refractivity contribution in [1.29, 1.82) is 5.26 Å². The average molecular weight is 531 g/mol. The molecule has 0 fully saturated rings. The van der Waals surface area contributed by atoms with E-state index in [1.807, 2.05) is 37.3 Å². The molecule has 8 heteroatoms. The summed E-state index contributed by atoms with van der Waals surface area (Å²) in [6.45, 7) is 4.40. The first kappa shape index (κ1) is 27.0. The molecule has 1 heterocycles. The number of thiophene rings is 1. The van der Waals surface area contributed by atoms with Crippen LogP contribution in [0.3, 0.4) is 0 Å². The van der Waals surface area contributed by atoms with Gasteiger partial charge >= 0.3 is 5.97 Å². The lowest BCUT2D eigenvalue weighted by Gasteiger charge is -2.12. The van der Waals surface area contributed by atoms with Gasteiger partial charge in [0.05, 0.1) is 19.3 Å². The van der Waals surface area contributed by atoms with Crippen LogP contribution in [0.2, 0.25) is 0 Å². The van der Waals surface area contributed by atoms with Crippen molar-refractivity contribution in [3.05, 3.63) is 80.7 Å². The van der Waals surface area contributed by atoms with Crippen LogP contribution < -0.4 is 14.8 Å². The number of esters is 1. The van der Waals surface area contributed by atoms with Gasteiger partial charge in [-0.25, -0.2) is 4.79 Å². The van der Waals surface area contributed by atoms with E-state index in [9.17, 15) is 14.9 Å². The molecule has 1 aliphatic rings. The van der Waals surface area contributed by atoms with Gasteiger partial charge in [-0.2, -0.15) is 5.26 Å². The molecule has 2 aromatic carbocycles. The number of carbonyl (C=O) groups excluding carboxylic acids is 2. The third-order valence-electron chi connectivity index (χ3n) is 6.26. The van der Waals surface area contributed by atoms with Crippen LogP contribution in [-0.2, 0) is 29.0 Å². The van der Waals surface area contributed by atoms with Crippen LogP contribution in [0.5, 0.6) is 11.5 Å². The number of amides is 1. The summed E-state index contributed by atoms with van der Waals surface area (Å²) in [5.74, 6) is 0.00137. The number of carbonyl (C=O) groups is 2. The standard InChI is InChI=1S/C30H30N2O5S/c1-4-36-30(34)27-23-7-5-6-8-26(23)38-29(27)32-28(33)22(17-31)15-21-13-14-24(25(16-21)35-3)37-18-20-11-9-19(2)10-12-20/h9-16H,4-8,18H2,1-3H3,(H,32,33). The van der Waals surface area contributed by atoms with E-state index in [0.29, 0.717) is 34.2 Å². The Balaban J connectivity index is 1.53. The molecule has 7 nitrogen and oxygen atoms in total. The van der Waals surface area contributed by atoms with Crippen LogP contribution in [0.1, 0.15) is 57.3 Å². The summed E-state index contributed by atoms with van der Waals surface area (Å²) in [6, 6.07) is 15.3. The largest absolute Gasteiger partial charge is 0.493 e. The van der Waals surface area contributed by atoms with Gasteiger partial charge in [-0.3, -0.25) is 4.79 Å². The second kappa shape index (κ2) is 12.4. The Morgan fingerprint density at radius 1 is 1.11 bits per heavy atom. The molecule has 0 saturated heterocycles. The molecule has 38 heavy (non-hydrogen) atoms. The van der Waals surface area contributed by atoms with Gasteiger partial charge in [0.15, 0.2) is 11.5 Å². The summed E-state index contributed by atoms with van der Waals surface area (Å²) in [5, 5.41) is 13.0. The maximum absolute atomic E-state index is 13.1. The highest BCUT2D eigenvalue weighted by Crippen LogP contribution is 2.39. The molecule has 1 aromatic heterocycles. The second-order valence-electron chi connectivity index (χ2n) is 8.94. The van der Waals surface area contributed by atoms with Gasteiger partial charge in [0.25, 0.3) is 5.91 Å². The lowest BCUT2D eigenvalue weighted by molar-refractivity contribution is -0.112. The second-order valence-corrected chi connectivity index (χ2v) is 10.0. The van der Waals surface area contributed by atoms with E-state index in [1.165, 1.54) is 30.1 Å². The molecule has 0 saturated carbocycles. The molecule has 4 rings (SSSR count). The SMILES string of the molecule is CCOC(=O)c1c(NC(=O)C(C#N)=Cc2ccc(OCc3ccc(C)cc3)c(OC)c2)sc2c1CCCC2. The maximum atomic E-state index is 13.1. The van der Waals surface area contributed by atoms with Crippen molar-refractivity contribution in [3.8, 4) is 17.6 Å². The van der Waals surface area contributed by atoms with Crippen LogP contribution in [0, 0.1) is 18.3 Å². The molecular weight excluding hydrogens is 500 g/mol. The molecule has 1 N–H and O–H groups in total. The van der Waals surface area contributed by atoms with E-state index < -0.39 is 11.9 Å². The first-order valence-corrected chi connectivity index (χ1v) is 13.4. The summed E-state index contributed by atoms with van der Waals surface area (Å²) in [4.78, 5) is 26.9. The topological polar surface area (TPSA) is 97.7 Å². The number of nitrogens with one attached hydrogen (secondary N) is 1. The van der Waals surface area contributed by atoms with Crippen LogP contribution in [0.4, 0.5) is 5.00 Å². The summed E-state index contributed by atoms with van der Waals surface area (Å²) in [5.41, 5.74) is 4.07. The number of fused-ring (bicyclic) bond motifs is 1. The molecular formula is C30H30N2O5S. The number of anilines is 1. The van der Waals surface area contributed by atoms with Crippen molar-refractivity contribution >= 4 is 34.3 Å². The van der Waals surface area contributed by atoms with E-state index >= 15 is 0 Å². The number of aryl methyl sites for hydroxylation is 2.